The minimum absolute atomic E-state index is 0.0476. The maximum atomic E-state index is 13.9. The van der Waals surface area contributed by atoms with E-state index in [0.717, 1.165) is 5.56 Å². The normalized spacial score (nSPS) is 10.5. The van der Waals surface area contributed by atoms with Crippen LogP contribution in [0, 0.1) is 17.1 Å². The van der Waals surface area contributed by atoms with Crippen molar-refractivity contribution >= 4 is 23.2 Å². The van der Waals surface area contributed by atoms with Gasteiger partial charge in [-0.2, -0.15) is 5.26 Å². The largest absolute Gasteiger partial charge is 0.317 e. The molecule has 1 amide bonds. The molecule has 0 saturated heterocycles. The molecule has 30 heavy (non-hydrogen) atoms. The highest BCUT2D eigenvalue weighted by Gasteiger charge is 2.17. The number of hydrogen-bond donors (Lipinski definition) is 1. The third kappa shape index (κ3) is 6.13. The molecule has 0 saturated carbocycles. The molecule has 0 aliphatic carbocycles. The van der Waals surface area contributed by atoms with Crippen LogP contribution in [-0.2, 0) is 0 Å². The van der Waals surface area contributed by atoms with Gasteiger partial charge in [-0.15, -0.1) is 5.10 Å². The van der Waals surface area contributed by atoms with Crippen molar-refractivity contribution < 1.29 is 9.18 Å². The number of amides is 1. The van der Waals surface area contributed by atoms with E-state index >= 15 is 0 Å². The predicted octanol–water partition coefficient (Wildman–Crippen LogP) is 5.86. The van der Waals surface area contributed by atoms with Gasteiger partial charge in [0.05, 0.1) is 28.4 Å². The Morgan fingerprint density at radius 2 is 1.87 bits per heavy atom. The molecule has 0 aliphatic rings. The number of carbonyl (C=O) groups is 1. The van der Waals surface area contributed by atoms with E-state index in [9.17, 15) is 9.18 Å². The van der Waals surface area contributed by atoms with Gasteiger partial charge in [-0.3, -0.25) is 4.79 Å². The number of carbonyl (C=O) groups excluding carboxylic acids is 1. The first-order valence-corrected chi connectivity index (χ1v) is 10.0. The maximum absolute atomic E-state index is 13.9. The summed E-state index contributed by atoms with van der Waals surface area (Å²) in [7, 11) is 0. The van der Waals surface area contributed by atoms with Crippen molar-refractivity contribution in [2.45, 2.75) is 40.7 Å². The fraction of sp³-hybridized carbons (Fsp3) is 0.273. The summed E-state index contributed by atoms with van der Waals surface area (Å²) in [5, 5.41) is 15.4. The zero-order valence-electron chi connectivity index (χ0n) is 17.6. The molecule has 1 unspecified atom stereocenters. The van der Waals surface area contributed by atoms with Crippen molar-refractivity contribution in [3.8, 4) is 6.07 Å². The Morgan fingerprint density at radius 3 is 2.53 bits per heavy atom. The van der Waals surface area contributed by atoms with Crippen LogP contribution < -0.4 is 5.32 Å². The zero-order valence-corrected chi connectivity index (χ0v) is 18.4. The number of hydrogen-bond acceptors (Lipinski definition) is 4. The molecule has 2 aromatic carbocycles. The van der Waals surface area contributed by atoms with Gasteiger partial charge in [0.1, 0.15) is 6.33 Å². The number of anilines is 1. The molecule has 0 fully saturated rings. The number of rotatable bonds is 4. The van der Waals surface area contributed by atoms with Gasteiger partial charge in [-0.1, -0.05) is 57.5 Å². The molecule has 158 valence electrons. The van der Waals surface area contributed by atoms with Crippen molar-refractivity contribution in [1.82, 2.24) is 14.8 Å². The van der Waals surface area contributed by atoms with E-state index in [2.05, 4.69) is 21.5 Å². The average molecular weight is 430 g/mol. The molecule has 1 heterocycles. The van der Waals surface area contributed by atoms with Crippen LogP contribution in [-0.4, -0.2) is 20.7 Å². The van der Waals surface area contributed by atoms with Crippen LogP contribution in [0.25, 0.3) is 0 Å². The summed E-state index contributed by atoms with van der Waals surface area (Å²) in [4.78, 5) is 16.2. The lowest BCUT2D eigenvalue weighted by atomic mass is 10.1. The van der Waals surface area contributed by atoms with E-state index in [1.807, 2.05) is 40.7 Å². The van der Waals surface area contributed by atoms with E-state index in [-0.39, 0.29) is 22.6 Å². The molecule has 0 aliphatic heterocycles. The first-order chi connectivity index (χ1) is 14.5. The van der Waals surface area contributed by atoms with Crippen LogP contribution in [0.1, 0.15) is 62.4 Å². The van der Waals surface area contributed by atoms with E-state index < -0.39 is 11.7 Å². The molecule has 0 bridgehead atoms. The van der Waals surface area contributed by atoms with Crippen LogP contribution >= 0.6 is 11.6 Å². The van der Waals surface area contributed by atoms with Crippen molar-refractivity contribution in [3.63, 3.8) is 0 Å². The highest BCUT2D eigenvalue weighted by Crippen LogP contribution is 2.22. The summed E-state index contributed by atoms with van der Waals surface area (Å²) in [5.41, 5.74) is 1.33. The van der Waals surface area contributed by atoms with Crippen LogP contribution in [0.5, 0.6) is 0 Å². The maximum Gasteiger partial charge on any atom is 0.295 e. The van der Waals surface area contributed by atoms with E-state index in [4.69, 9.17) is 16.9 Å². The Bertz CT molecular complexity index is 1010. The van der Waals surface area contributed by atoms with Gasteiger partial charge in [0.2, 0.25) is 5.82 Å². The van der Waals surface area contributed by atoms with Crippen LogP contribution in [0.2, 0.25) is 5.02 Å². The standard InChI is InChI=1S/C18H13ClFN5O.2C2H6/c1-11(13-5-2-4-12(8-13)9-21)25-10-22-17(24-25)18(26)23-15-7-3-6-14(19)16(15)20;2*1-2/h2-8,10-11H,1H3,(H,23,26);2*1-2H3. The predicted molar refractivity (Wildman–Crippen MR) is 117 cm³/mol. The van der Waals surface area contributed by atoms with Gasteiger partial charge in [0, 0.05) is 0 Å². The van der Waals surface area contributed by atoms with E-state index in [0.29, 0.717) is 5.56 Å². The SMILES string of the molecule is CC.CC.CC(c1cccc(C#N)c1)n1cnc(C(=O)Nc2cccc(Cl)c2F)n1. The Hall–Kier alpha value is -3.24. The summed E-state index contributed by atoms with van der Waals surface area (Å²) in [6.45, 7) is 9.86. The fourth-order valence-corrected chi connectivity index (χ4v) is 2.54. The van der Waals surface area contributed by atoms with Crippen LogP contribution in [0.3, 0.4) is 0 Å². The van der Waals surface area contributed by atoms with E-state index in [1.54, 1.807) is 18.2 Å². The molecule has 0 radical (unpaired) electrons. The summed E-state index contributed by atoms with van der Waals surface area (Å²) in [5.74, 6) is -1.47. The Labute approximate surface area is 181 Å². The third-order valence-corrected chi connectivity index (χ3v) is 4.10. The lowest BCUT2D eigenvalue weighted by molar-refractivity contribution is 0.101. The van der Waals surface area contributed by atoms with Gasteiger partial charge in [0.25, 0.3) is 5.91 Å². The fourth-order valence-electron chi connectivity index (χ4n) is 2.36. The van der Waals surface area contributed by atoms with Crippen molar-refractivity contribution in [3.05, 3.63) is 76.6 Å². The summed E-state index contributed by atoms with van der Waals surface area (Å²) in [6, 6.07) is 13.2. The first-order valence-electron chi connectivity index (χ1n) is 9.66. The average Bonchev–Trinajstić information content (AvgIpc) is 3.29. The van der Waals surface area contributed by atoms with Gasteiger partial charge >= 0.3 is 0 Å². The number of nitrogens with one attached hydrogen (secondary N) is 1. The molecule has 1 atom stereocenters. The summed E-state index contributed by atoms with van der Waals surface area (Å²) < 4.78 is 15.4. The molecule has 6 nitrogen and oxygen atoms in total. The molecule has 0 spiro atoms. The molecule has 8 heteroatoms. The van der Waals surface area contributed by atoms with Gasteiger partial charge in [-0.05, 0) is 36.8 Å². The lowest BCUT2D eigenvalue weighted by Gasteiger charge is -2.11. The Balaban J connectivity index is 0.00000106. The van der Waals surface area contributed by atoms with Crippen molar-refractivity contribution in [2.24, 2.45) is 0 Å². The highest BCUT2D eigenvalue weighted by atomic mass is 35.5. The highest BCUT2D eigenvalue weighted by molar-refractivity contribution is 6.31. The summed E-state index contributed by atoms with van der Waals surface area (Å²) >= 11 is 5.70. The van der Waals surface area contributed by atoms with Gasteiger partial charge < -0.3 is 5.32 Å². The Kier molecular flexibility index (Phi) is 10.2. The number of nitriles is 1. The molecule has 3 rings (SSSR count). The second kappa shape index (κ2) is 12.3. The number of benzene rings is 2. The number of nitrogens with zero attached hydrogens (tertiary/aromatic N) is 4. The smallest absolute Gasteiger partial charge is 0.295 e. The number of halogens is 2. The molecule has 1 aromatic heterocycles. The van der Waals surface area contributed by atoms with Crippen molar-refractivity contribution in [2.75, 3.05) is 5.32 Å². The third-order valence-electron chi connectivity index (χ3n) is 3.81. The van der Waals surface area contributed by atoms with Gasteiger partial charge in [0.15, 0.2) is 5.82 Å². The second-order valence-corrected chi connectivity index (χ2v) is 5.92. The Morgan fingerprint density at radius 1 is 1.20 bits per heavy atom. The van der Waals surface area contributed by atoms with E-state index in [1.165, 1.54) is 29.2 Å². The minimum Gasteiger partial charge on any atom is -0.317 e. The number of aromatic nitrogens is 3. The molecular formula is C22H25ClFN5O. The second-order valence-electron chi connectivity index (χ2n) is 5.52. The minimum atomic E-state index is -0.719. The first kappa shape index (κ1) is 24.8. The molecular weight excluding hydrogens is 405 g/mol. The van der Waals surface area contributed by atoms with Gasteiger partial charge in [-0.25, -0.2) is 14.1 Å². The lowest BCUT2D eigenvalue weighted by Crippen LogP contribution is -2.16. The van der Waals surface area contributed by atoms with Crippen LogP contribution in [0.4, 0.5) is 10.1 Å². The van der Waals surface area contributed by atoms with Crippen LogP contribution in [0.15, 0.2) is 48.8 Å². The molecule has 1 N–H and O–H groups in total. The zero-order chi connectivity index (χ0) is 22.7. The van der Waals surface area contributed by atoms with Crippen molar-refractivity contribution in [1.29, 1.82) is 5.26 Å². The quantitative estimate of drug-likeness (QED) is 0.563. The summed E-state index contributed by atoms with van der Waals surface area (Å²) in [6.07, 6.45) is 1.41. The molecule has 3 aromatic rings. The topological polar surface area (TPSA) is 83.6 Å². The monoisotopic (exact) mass is 429 g/mol.